The van der Waals surface area contributed by atoms with Crippen molar-refractivity contribution in [2.24, 2.45) is 0 Å². The van der Waals surface area contributed by atoms with E-state index in [0.29, 0.717) is 5.69 Å². The van der Waals surface area contributed by atoms with Gasteiger partial charge in [-0.25, -0.2) is 9.97 Å². The van der Waals surface area contributed by atoms with E-state index in [9.17, 15) is 4.79 Å². The van der Waals surface area contributed by atoms with Gasteiger partial charge in [-0.2, -0.15) is 0 Å². The highest BCUT2D eigenvalue weighted by molar-refractivity contribution is 8.00. The minimum absolute atomic E-state index is 0.161. The number of carbonyl (C=O) groups is 1. The fraction of sp³-hybridized carbons (Fsp3) is 0.364. The number of nitrogens with zero attached hydrogens (tertiary/aromatic N) is 2. The zero-order valence-corrected chi connectivity index (χ0v) is 12.0. The molecule has 0 bridgehead atoms. The van der Waals surface area contributed by atoms with Crippen molar-refractivity contribution in [1.29, 1.82) is 0 Å². The normalized spacial score (nSPS) is 12.4. The molecule has 2 rings (SSSR count). The fourth-order valence-electron chi connectivity index (χ4n) is 1.45. The number of thioether (sulfide) groups is 1. The number of rotatable bonds is 4. The van der Waals surface area contributed by atoms with Crippen LogP contribution in [0.3, 0.4) is 0 Å². The fourth-order valence-corrected chi connectivity index (χ4v) is 2.69. The van der Waals surface area contributed by atoms with Crippen LogP contribution in [0.15, 0.2) is 15.9 Å². The molecule has 2 aromatic heterocycles. The molecule has 2 N–H and O–H groups in total. The summed E-state index contributed by atoms with van der Waals surface area (Å²) >= 11 is 3.01. The number of H-pyrrole nitrogens is 1. The van der Waals surface area contributed by atoms with Gasteiger partial charge in [0.2, 0.25) is 0 Å². The highest BCUT2D eigenvalue weighted by Crippen LogP contribution is 2.20. The molecular formula is C11H14N4OS2. The molecule has 7 heteroatoms. The molecule has 0 spiro atoms. The molecular weight excluding hydrogens is 268 g/mol. The first-order chi connectivity index (χ1) is 8.60. The second kappa shape index (κ2) is 5.53. The van der Waals surface area contributed by atoms with Crippen molar-refractivity contribution in [2.75, 3.05) is 6.26 Å². The molecule has 0 unspecified atom stereocenters. The van der Waals surface area contributed by atoms with Crippen LogP contribution >= 0.6 is 23.1 Å². The maximum atomic E-state index is 11.9. The Hall–Kier alpha value is -1.34. The van der Waals surface area contributed by atoms with Gasteiger partial charge < -0.3 is 10.3 Å². The van der Waals surface area contributed by atoms with Gasteiger partial charge in [-0.1, -0.05) is 11.8 Å². The van der Waals surface area contributed by atoms with Gasteiger partial charge in [0.15, 0.2) is 0 Å². The molecule has 96 valence electrons. The third kappa shape index (κ3) is 2.91. The molecule has 0 radical (unpaired) electrons. The average Bonchev–Trinajstić information content (AvgIpc) is 2.97. The van der Waals surface area contributed by atoms with Gasteiger partial charge in [0.05, 0.1) is 6.04 Å². The molecule has 5 nitrogen and oxygen atoms in total. The van der Waals surface area contributed by atoms with E-state index in [2.05, 4.69) is 20.3 Å². The number of nitrogens with one attached hydrogen (secondary N) is 2. The minimum atomic E-state index is -0.173. The smallest absolute Gasteiger partial charge is 0.271 e. The molecule has 0 saturated heterocycles. The Morgan fingerprint density at radius 2 is 2.39 bits per heavy atom. The molecule has 18 heavy (non-hydrogen) atoms. The summed E-state index contributed by atoms with van der Waals surface area (Å²) in [5.74, 6) is 0.578. The summed E-state index contributed by atoms with van der Waals surface area (Å²) in [7, 11) is 0. The summed E-state index contributed by atoms with van der Waals surface area (Å²) in [6.07, 6.45) is 3.68. The third-order valence-electron chi connectivity index (χ3n) is 2.37. The number of aromatic amines is 1. The van der Waals surface area contributed by atoms with Crippen molar-refractivity contribution in [1.82, 2.24) is 20.3 Å². The molecule has 0 aliphatic heterocycles. The zero-order chi connectivity index (χ0) is 13.1. The largest absolute Gasteiger partial charge is 0.344 e. The van der Waals surface area contributed by atoms with Crippen LogP contribution in [0.1, 0.15) is 35.0 Å². The number of imidazole rings is 1. The Kier molecular flexibility index (Phi) is 4.03. The topological polar surface area (TPSA) is 70.7 Å². The number of carbonyl (C=O) groups excluding carboxylic acids is 1. The molecule has 2 heterocycles. The summed E-state index contributed by atoms with van der Waals surface area (Å²) in [5.41, 5.74) is 1.43. The van der Waals surface area contributed by atoms with Crippen molar-refractivity contribution in [2.45, 2.75) is 24.2 Å². The van der Waals surface area contributed by atoms with E-state index in [1.807, 2.05) is 20.1 Å². The maximum absolute atomic E-state index is 11.9. The number of hydrogen-bond donors (Lipinski definition) is 2. The highest BCUT2D eigenvalue weighted by atomic mass is 32.2. The maximum Gasteiger partial charge on any atom is 0.271 e. The van der Waals surface area contributed by atoms with E-state index >= 15 is 0 Å². The predicted octanol–water partition coefficient (Wildman–Crippen LogP) is 2.39. The van der Waals surface area contributed by atoms with Crippen LogP contribution in [-0.4, -0.2) is 27.1 Å². The molecule has 0 aliphatic carbocycles. The monoisotopic (exact) mass is 282 g/mol. The summed E-state index contributed by atoms with van der Waals surface area (Å²) in [6, 6.07) is -0.161. The van der Waals surface area contributed by atoms with Gasteiger partial charge in [0, 0.05) is 17.3 Å². The lowest BCUT2D eigenvalue weighted by Crippen LogP contribution is -2.27. The van der Waals surface area contributed by atoms with E-state index in [4.69, 9.17) is 0 Å². The first-order valence-corrected chi connectivity index (χ1v) is 7.52. The Labute approximate surface area is 113 Å². The van der Waals surface area contributed by atoms with Gasteiger partial charge in [-0.3, -0.25) is 4.79 Å². The van der Waals surface area contributed by atoms with E-state index < -0.39 is 0 Å². The standard InChI is InChI=1S/C11H14N4OS2/c1-6-4-12-9(13-6)7(2)14-10(16)8-5-18-11(15-8)17-3/h4-5,7H,1-3H3,(H,12,13)(H,14,16)/t7-/m0/s1. The van der Waals surface area contributed by atoms with Crippen LogP contribution in [0.4, 0.5) is 0 Å². The van der Waals surface area contributed by atoms with Crippen LogP contribution in [-0.2, 0) is 0 Å². The highest BCUT2D eigenvalue weighted by Gasteiger charge is 2.15. The summed E-state index contributed by atoms with van der Waals surface area (Å²) < 4.78 is 0.890. The number of thiazole rings is 1. The Morgan fingerprint density at radius 3 is 2.94 bits per heavy atom. The molecule has 1 atom stereocenters. The number of amides is 1. The zero-order valence-electron chi connectivity index (χ0n) is 10.4. The lowest BCUT2D eigenvalue weighted by atomic mass is 10.3. The predicted molar refractivity (Wildman–Crippen MR) is 73.1 cm³/mol. The van der Waals surface area contributed by atoms with E-state index in [0.717, 1.165) is 15.9 Å². The Morgan fingerprint density at radius 1 is 1.61 bits per heavy atom. The van der Waals surface area contributed by atoms with Crippen LogP contribution < -0.4 is 5.32 Å². The van der Waals surface area contributed by atoms with Crippen molar-refractivity contribution in [3.8, 4) is 0 Å². The number of aryl methyl sites for hydroxylation is 1. The lowest BCUT2D eigenvalue weighted by molar-refractivity contribution is 0.0933. The minimum Gasteiger partial charge on any atom is -0.344 e. The van der Waals surface area contributed by atoms with Crippen molar-refractivity contribution in [3.63, 3.8) is 0 Å². The van der Waals surface area contributed by atoms with Crippen LogP contribution in [0, 0.1) is 6.92 Å². The lowest BCUT2D eigenvalue weighted by Gasteiger charge is -2.09. The van der Waals surface area contributed by atoms with Crippen LogP contribution in [0.2, 0.25) is 0 Å². The van der Waals surface area contributed by atoms with E-state index in [-0.39, 0.29) is 11.9 Å². The van der Waals surface area contributed by atoms with Crippen molar-refractivity contribution in [3.05, 3.63) is 28.8 Å². The van der Waals surface area contributed by atoms with E-state index in [1.54, 1.807) is 11.6 Å². The first-order valence-electron chi connectivity index (χ1n) is 5.42. The molecule has 0 fully saturated rings. The Balaban J connectivity index is 2.02. The summed E-state index contributed by atoms with van der Waals surface area (Å²) in [4.78, 5) is 23.5. The SMILES string of the molecule is CSc1nc(C(=O)N[C@@H](C)c2ncc(C)[nH]2)cs1. The second-order valence-corrected chi connectivity index (χ2v) is 5.76. The van der Waals surface area contributed by atoms with Gasteiger partial charge >= 0.3 is 0 Å². The number of hydrogen-bond acceptors (Lipinski definition) is 5. The quantitative estimate of drug-likeness (QED) is 0.845. The number of aromatic nitrogens is 3. The summed E-state index contributed by atoms with van der Waals surface area (Å²) in [5, 5.41) is 4.63. The van der Waals surface area contributed by atoms with Gasteiger partial charge in [0.25, 0.3) is 5.91 Å². The average molecular weight is 282 g/mol. The Bertz CT molecular complexity index is 549. The molecule has 0 aromatic carbocycles. The van der Waals surface area contributed by atoms with Crippen LogP contribution in [0.5, 0.6) is 0 Å². The summed E-state index contributed by atoms with van der Waals surface area (Å²) in [6.45, 7) is 3.81. The van der Waals surface area contributed by atoms with Gasteiger partial charge in [-0.15, -0.1) is 11.3 Å². The van der Waals surface area contributed by atoms with Crippen LogP contribution in [0.25, 0.3) is 0 Å². The van der Waals surface area contributed by atoms with E-state index in [1.165, 1.54) is 23.1 Å². The second-order valence-electron chi connectivity index (χ2n) is 3.85. The van der Waals surface area contributed by atoms with Gasteiger partial charge in [-0.05, 0) is 20.1 Å². The van der Waals surface area contributed by atoms with Gasteiger partial charge in [0.1, 0.15) is 15.9 Å². The van der Waals surface area contributed by atoms with Crippen molar-refractivity contribution < 1.29 is 4.79 Å². The third-order valence-corrected chi connectivity index (χ3v) is 4.23. The first kappa shape index (κ1) is 13.1. The molecule has 1 amide bonds. The molecule has 0 aliphatic rings. The van der Waals surface area contributed by atoms with Crippen molar-refractivity contribution >= 4 is 29.0 Å². The molecule has 2 aromatic rings. The molecule has 0 saturated carbocycles.